The summed E-state index contributed by atoms with van der Waals surface area (Å²) in [6.45, 7) is 2.90. The maximum absolute atomic E-state index is 11.6. The number of nitrogens with one attached hydrogen (secondary N) is 1. The molecule has 0 aromatic carbocycles. The van der Waals surface area contributed by atoms with E-state index in [1.54, 1.807) is 0 Å². The molecular weight excluding hydrogens is 262 g/mol. The molecule has 110 valence electrons. The Bertz CT molecular complexity index is 505. The fourth-order valence-electron chi connectivity index (χ4n) is 1.74. The Kier molecular flexibility index (Phi) is 4.06. The summed E-state index contributed by atoms with van der Waals surface area (Å²) in [7, 11) is 0. The summed E-state index contributed by atoms with van der Waals surface area (Å²) in [5.74, 6) is 0.400. The molecular formula is C13H19N3O4. The van der Waals surface area contributed by atoms with E-state index in [1.807, 2.05) is 0 Å². The number of carbonyl (C=O) groups is 2. The molecule has 1 aliphatic rings. The van der Waals surface area contributed by atoms with E-state index in [9.17, 15) is 9.59 Å². The summed E-state index contributed by atoms with van der Waals surface area (Å²) in [6.07, 6.45) is 3.55. The van der Waals surface area contributed by atoms with E-state index < -0.39 is 11.5 Å². The van der Waals surface area contributed by atoms with Crippen molar-refractivity contribution >= 4 is 11.9 Å². The molecule has 0 bridgehead atoms. The van der Waals surface area contributed by atoms with Crippen LogP contribution in [0.15, 0.2) is 4.52 Å². The zero-order valence-corrected chi connectivity index (χ0v) is 11.7. The predicted molar refractivity (Wildman–Crippen MR) is 69.1 cm³/mol. The third-order valence-corrected chi connectivity index (χ3v) is 3.21. The van der Waals surface area contributed by atoms with Crippen LogP contribution in [0.2, 0.25) is 0 Å². The Labute approximate surface area is 116 Å². The van der Waals surface area contributed by atoms with E-state index in [4.69, 9.17) is 9.63 Å². The van der Waals surface area contributed by atoms with Gasteiger partial charge in [-0.05, 0) is 33.1 Å². The van der Waals surface area contributed by atoms with Crippen LogP contribution in [0.25, 0.3) is 0 Å². The monoisotopic (exact) mass is 281 g/mol. The molecule has 1 aliphatic carbocycles. The lowest BCUT2D eigenvalue weighted by molar-refractivity contribution is -0.146. The van der Waals surface area contributed by atoms with Crippen molar-refractivity contribution in [1.82, 2.24) is 15.5 Å². The van der Waals surface area contributed by atoms with Gasteiger partial charge in [-0.1, -0.05) is 5.16 Å². The smallest absolute Gasteiger partial charge is 0.328 e. The molecule has 7 heteroatoms. The number of carboxylic acid groups (broad SMARTS) is 1. The molecule has 1 fully saturated rings. The molecule has 0 spiro atoms. The maximum atomic E-state index is 11.6. The molecule has 1 amide bonds. The van der Waals surface area contributed by atoms with Gasteiger partial charge in [0, 0.05) is 18.8 Å². The number of rotatable bonds is 7. The molecule has 2 rings (SSSR count). The number of amides is 1. The van der Waals surface area contributed by atoms with Crippen molar-refractivity contribution in [3.05, 3.63) is 11.7 Å². The Balaban J connectivity index is 1.72. The lowest BCUT2D eigenvalue weighted by atomic mass is 10.1. The Hall–Kier alpha value is -1.92. The van der Waals surface area contributed by atoms with Crippen LogP contribution in [0.1, 0.15) is 57.2 Å². The van der Waals surface area contributed by atoms with Gasteiger partial charge in [-0.25, -0.2) is 4.79 Å². The zero-order chi connectivity index (χ0) is 14.8. The number of aromatic nitrogens is 2. The Morgan fingerprint density at radius 1 is 1.45 bits per heavy atom. The average Bonchev–Trinajstić information content (AvgIpc) is 3.09. The highest BCUT2D eigenvalue weighted by molar-refractivity contribution is 5.86. The van der Waals surface area contributed by atoms with Gasteiger partial charge < -0.3 is 14.9 Å². The van der Waals surface area contributed by atoms with Gasteiger partial charge in [0.2, 0.25) is 11.8 Å². The van der Waals surface area contributed by atoms with Crippen molar-refractivity contribution in [3.63, 3.8) is 0 Å². The summed E-state index contributed by atoms with van der Waals surface area (Å²) in [6, 6.07) is 0. The first kappa shape index (κ1) is 14.5. The van der Waals surface area contributed by atoms with Crippen LogP contribution in [0.4, 0.5) is 0 Å². The predicted octanol–water partition coefficient (Wildman–Crippen LogP) is 1.25. The lowest BCUT2D eigenvalue weighted by Gasteiger charge is -2.20. The number of hydrogen-bond acceptors (Lipinski definition) is 5. The number of aryl methyl sites for hydroxylation is 1. The second kappa shape index (κ2) is 5.60. The molecule has 0 radical (unpaired) electrons. The highest BCUT2D eigenvalue weighted by Crippen LogP contribution is 2.38. The number of carboxylic acids is 1. The third kappa shape index (κ3) is 3.79. The molecule has 0 unspecified atom stereocenters. The normalized spacial score (nSPS) is 15.1. The van der Waals surface area contributed by atoms with Gasteiger partial charge in [0.1, 0.15) is 5.54 Å². The molecule has 0 atom stereocenters. The first-order valence-corrected chi connectivity index (χ1v) is 6.75. The van der Waals surface area contributed by atoms with E-state index in [1.165, 1.54) is 13.8 Å². The molecule has 1 saturated carbocycles. The highest BCUT2D eigenvalue weighted by Gasteiger charge is 2.29. The Morgan fingerprint density at radius 2 is 2.15 bits per heavy atom. The van der Waals surface area contributed by atoms with Crippen molar-refractivity contribution in [2.24, 2.45) is 0 Å². The van der Waals surface area contributed by atoms with E-state index in [-0.39, 0.29) is 12.3 Å². The standard InChI is InChI=1S/C13H19N3O4/c1-13(2,12(18)19)15-9(17)4-3-5-10-14-11(16-20-10)8-6-7-8/h8H,3-7H2,1-2H3,(H,15,17)(H,18,19). The van der Waals surface area contributed by atoms with Gasteiger partial charge in [0.05, 0.1) is 0 Å². The number of carbonyl (C=O) groups excluding carboxylic acids is 1. The minimum Gasteiger partial charge on any atom is -0.480 e. The van der Waals surface area contributed by atoms with E-state index in [0.29, 0.717) is 24.7 Å². The fourth-order valence-corrected chi connectivity index (χ4v) is 1.74. The van der Waals surface area contributed by atoms with Crippen LogP contribution in [0.3, 0.4) is 0 Å². The summed E-state index contributed by atoms with van der Waals surface area (Å²) < 4.78 is 5.10. The SMILES string of the molecule is CC(C)(NC(=O)CCCc1nc(C2CC2)no1)C(=O)O. The van der Waals surface area contributed by atoms with Crippen LogP contribution in [0, 0.1) is 0 Å². The summed E-state index contributed by atoms with van der Waals surface area (Å²) in [5.41, 5.74) is -1.25. The molecule has 0 saturated heterocycles. The third-order valence-electron chi connectivity index (χ3n) is 3.21. The van der Waals surface area contributed by atoms with Crippen LogP contribution >= 0.6 is 0 Å². The van der Waals surface area contributed by atoms with Gasteiger partial charge >= 0.3 is 5.97 Å². The van der Waals surface area contributed by atoms with Crippen molar-refractivity contribution in [3.8, 4) is 0 Å². The molecule has 20 heavy (non-hydrogen) atoms. The van der Waals surface area contributed by atoms with E-state index in [0.717, 1.165) is 18.7 Å². The molecule has 1 aromatic heterocycles. The fraction of sp³-hybridized carbons (Fsp3) is 0.692. The van der Waals surface area contributed by atoms with Gasteiger partial charge in [-0.15, -0.1) is 0 Å². The van der Waals surface area contributed by atoms with Crippen molar-refractivity contribution in [2.75, 3.05) is 0 Å². The van der Waals surface area contributed by atoms with Crippen LogP contribution in [-0.2, 0) is 16.0 Å². The summed E-state index contributed by atoms with van der Waals surface area (Å²) in [5, 5.41) is 15.3. The summed E-state index contributed by atoms with van der Waals surface area (Å²) in [4.78, 5) is 26.8. The Morgan fingerprint density at radius 3 is 2.75 bits per heavy atom. The van der Waals surface area contributed by atoms with Gasteiger partial charge in [-0.3, -0.25) is 4.79 Å². The van der Waals surface area contributed by atoms with Gasteiger partial charge in [0.15, 0.2) is 5.82 Å². The molecule has 1 aromatic rings. The molecule has 1 heterocycles. The molecule has 0 aliphatic heterocycles. The molecule has 2 N–H and O–H groups in total. The van der Waals surface area contributed by atoms with E-state index >= 15 is 0 Å². The van der Waals surface area contributed by atoms with Crippen LogP contribution < -0.4 is 5.32 Å². The van der Waals surface area contributed by atoms with E-state index in [2.05, 4.69) is 15.5 Å². The van der Waals surface area contributed by atoms with Crippen LogP contribution in [0.5, 0.6) is 0 Å². The van der Waals surface area contributed by atoms with Crippen molar-refractivity contribution in [2.45, 2.75) is 57.4 Å². The highest BCUT2D eigenvalue weighted by atomic mass is 16.5. The second-order valence-corrected chi connectivity index (χ2v) is 5.65. The number of aliphatic carboxylic acids is 1. The first-order valence-electron chi connectivity index (χ1n) is 6.75. The summed E-state index contributed by atoms with van der Waals surface area (Å²) >= 11 is 0. The zero-order valence-electron chi connectivity index (χ0n) is 11.7. The van der Waals surface area contributed by atoms with Gasteiger partial charge in [-0.2, -0.15) is 4.98 Å². The minimum absolute atomic E-state index is 0.234. The average molecular weight is 281 g/mol. The topological polar surface area (TPSA) is 105 Å². The number of nitrogens with zero attached hydrogens (tertiary/aromatic N) is 2. The molecule has 7 nitrogen and oxygen atoms in total. The minimum atomic E-state index is -1.25. The van der Waals surface area contributed by atoms with Crippen molar-refractivity contribution < 1.29 is 19.2 Å². The number of hydrogen-bond donors (Lipinski definition) is 2. The van der Waals surface area contributed by atoms with Gasteiger partial charge in [0.25, 0.3) is 0 Å². The maximum Gasteiger partial charge on any atom is 0.328 e. The lowest BCUT2D eigenvalue weighted by Crippen LogP contribution is -2.49. The second-order valence-electron chi connectivity index (χ2n) is 5.65. The van der Waals surface area contributed by atoms with Crippen LogP contribution in [-0.4, -0.2) is 32.7 Å². The van der Waals surface area contributed by atoms with Crippen molar-refractivity contribution in [1.29, 1.82) is 0 Å². The largest absolute Gasteiger partial charge is 0.480 e. The quantitative estimate of drug-likeness (QED) is 0.779. The first-order chi connectivity index (χ1) is 9.38.